The van der Waals surface area contributed by atoms with E-state index in [1.165, 1.54) is 0 Å². The van der Waals surface area contributed by atoms with Gasteiger partial charge in [0.05, 0.1) is 11.0 Å². The fourth-order valence-corrected chi connectivity index (χ4v) is 3.55. The molecule has 4 rings (SSSR count). The Balaban J connectivity index is 1.31. The number of H-pyrrole nitrogens is 1. The van der Waals surface area contributed by atoms with Crippen molar-refractivity contribution in [3.8, 4) is 0 Å². The van der Waals surface area contributed by atoms with Crippen molar-refractivity contribution in [2.75, 3.05) is 18.0 Å². The number of fused-ring (bicyclic) bond motifs is 2. The molecule has 1 aromatic heterocycles. The summed E-state index contributed by atoms with van der Waals surface area (Å²) in [4.78, 5) is 33.6. The Morgan fingerprint density at radius 3 is 2.89 bits per heavy atom. The SMILES string of the molecule is CC(=O)N1CCc2cc(C(=O)NCCCc3nc4ccccc4[nH]3)ccc21. The smallest absolute Gasteiger partial charge is 0.251 e. The minimum atomic E-state index is -0.0799. The quantitative estimate of drug-likeness (QED) is 0.685. The number of rotatable bonds is 5. The predicted octanol–water partition coefficient (Wildman–Crippen LogP) is 2.83. The van der Waals surface area contributed by atoms with E-state index in [0.717, 1.165) is 47.4 Å². The number of aryl methyl sites for hydroxylation is 1. The summed E-state index contributed by atoms with van der Waals surface area (Å²) in [6.07, 6.45) is 2.39. The molecule has 2 N–H and O–H groups in total. The molecule has 0 radical (unpaired) electrons. The molecule has 0 unspecified atom stereocenters. The summed E-state index contributed by atoms with van der Waals surface area (Å²) in [5, 5.41) is 2.97. The van der Waals surface area contributed by atoms with Gasteiger partial charge in [0.15, 0.2) is 0 Å². The van der Waals surface area contributed by atoms with Crippen LogP contribution in [-0.4, -0.2) is 34.9 Å². The Kier molecular flexibility index (Phi) is 4.62. The summed E-state index contributed by atoms with van der Waals surface area (Å²) in [7, 11) is 0. The van der Waals surface area contributed by atoms with Gasteiger partial charge in [-0.2, -0.15) is 0 Å². The number of aromatic nitrogens is 2. The number of benzene rings is 2. The van der Waals surface area contributed by atoms with Gasteiger partial charge in [-0.05, 0) is 48.7 Å². The lowest BCUT2D eigenvalue weighted by molar-refractivity contribution is -0.116. The number of amides is 2. The van der Waals surface area contributed by atoms with Crippen molar-refractivity contribution < 1.29 is 9.59 Å². The number of hydrogen-bond donors (Lipinski definition) is 2. The number of para-hydroxylation sites is 2. The van der Waals surface area contributed by atoms with Crippen LogP contribution in [0.15, 0.2) is 42.5 Å². The second kappa shape index (κ2) is 7.23. The zero-order valence-electron chi connectivity index (χ0n) is 15.3. The molecule has 0 saturated heterocycles. The molecule has 0 spiro atoms. The molecule has 2 aromatic carbocycles. The van der Waals surface area contributed by atoms with Crippen LogP contribution in [0.2, 0.25) is 0 Å². The van der Waals surface area contributed by atoms with Gasteiger partial charge >= 0.3 is 0 Å². The molecule has 0 aliphatic carbocycles. The molecule has 138 valence electrons. The molecular formula is C21H22N4O2. The maximum atomic E-state index is 12.4. The zero-order chi connectivity index (χ0) is 18.8. The van der Waals surface area contributed by atoms with Crippen molar-refractivity contribution >= 4 is 28.5 Å². The summed E-state index contributed by atoms with van der Waals surface area (Å²) in [6, 6.07) is 13.5. The van der Waals surface area contributed by atoms with E-state index >= 15 is 0 Å². The van der Waals surface area contributed by atoms with Crippen molar-refractivity contribution in [3.63, 3.8) is 0 Å². The average Bonchev–Trinajstić information content (AvgIpc) is 3.27. The van der Waals surface area contributed by atoms with Crippen molar-refractivity contribution in [1.82, 2.24) is 15.3 Å². The van der Waals surface area contributed by atoms with Crippen LogP contribution in [0.5, 0.6) is 0 Å². The van der Waals surface area contributed by atoms with Gasteiger partial charge in [-0.1, -0.05) is 12.1 Å². The number of hydrogen-bond acceptors (Lipinski definition) is 3. The number of carbonyl (C=O) groups excluding carboxylic acids is 2. The second-order valence-corrected chi connectivity index (χ2v) is 6.82. The molecule has 3 aromatic rings. The molecule has 6 heteroatoms. The Morgan fingerprint density at radius 2 is 2.07 bits per heavy atom. The normalized spacial score (nSPS) is 13.0. The number of nitrogens with one attached hydrogen (secondary N) is 2. The van der Waals surface area contributed by atoms with Gasteiger partial charge in [0.2, 0.25) is 5.91 Å². The van der Waals surface area contributed by atoms with E-state index in [9.17, 15) is 9.59 Å². The third-order valence-electron chi connectivity index (χ3n) is 4.93. The zero-order valence-corrected chi connectivity index (χ0v) is 15.3. The second-order valence-electron chi connectivity index (χ2n) is 6.82. The first kappa shape index (κ1) is 17.3. The van der Waals surface area contributed by atoms with Gasteiger partial charge in [0.25, 0.3) is 5.91 Å². The third kappa shape index (κ3) is 3.56. The first-order chi connectivity index (χ1) is 13.1. The summed E-state index contributed by atoms with van der Waals surface area (Å²) in [5.41, 5.74) is 4.62. The first-order valence-electron chi connectivity index (χ1n) is 9.24. The number of carbonyl (C=O) groups is 2. The van der Waals surface area contributed by atoms with Gasteiger partial charge in [-0.25, -0.2) is 4.98 Å². The minimum Gasteiger partial charge on any atom is -0.352 e. The molecular weight excluding hydrogens is 340 g/mol. The van der Waals surface area contributed by atoms with Crippen LogP contribution in [0.1, 0.15) is 35.1 Å². The summed E-state index contributed by atoms with van der Waals surface area (Å²) < 4.78 is 0. The lowest BCUT2D eigenvalue weighted by Crippen LogP contribution is -2.26. The molecule has 2 amide bonds. The first-order valence-corrected chi connectivity index (χ1v) is 9.24. The highest BCUT2D eigenvalue weighted by molar-refractivity contribution is 5.97. The molecule has 2 heterocycles. The Labute approximate surface area is 157 Å². The largest absolute Gasteiger partial charge is 0.352 e. The van der Waals surface area contributed by atoms with E-state index in [-0.39, 0.29) is 11.8 Å². The highest BCUT2D eigenvalue weighted by atomic mass is 16.2. The molecule has 0 saturated carbocycles. The van der Waals surface area contributed by atoms with E-state index in [1.54, 1.807) is 17.9 Å². The molecule has 0 fully saturated rings. The molecule has 0 bridgehead atoms. The Bertz CT molecular complexity index is 975. The summed E-state index contributed by atoms with van der Waals surface area (Å²) in [6.45, 7) is 2.84. The highest BCUT2D eigenvalue weighted by Crippen LogP contribution is 2.28. The Morgan fingerprint density at radius 1 is 1.22 bits per heavy atom. The van der Waals surface area contributed by atoms with Crippen LogP contribution in [0.3, 0.4) is 0 Å². The van der Waals surface area contributed by atoms with Crippen LogP contribution in [0.25, 0.3) is 11.0 Å². The van der Waals surface area contributed by atoms with Crippen molar-refractivity contribution in [2.45, 2.75) is 26.2 Å². The molecule has 27 heavy (non-hydrogen) atoms. The third-order valence-corrected chi connectivity index (χ3v) is 4.93. The standard InChI is InChI=1S/C21H22N4O2/c1-14(26)25-12-10-15-13-16(8-9-19(15)25)21(27)22-11-4-7-20-23-17-5-2-3-6-18(17)24-20/h2-3,5-6,8-9,13H,4,7,10-12H2,1H3,(H,22,27)(H,23,24). The lowest BCUT2D eigenvalue weighted by Gasteiger charge is -2.14. The van der Waals surface area contributed by atoms with E-state index < -0.39 is 0 Å². The van der Waals surface area contributed by atoms with E-state index in [4.69, 9.17) is 0 Å². The van der Waals surface area contributed by atoms with Crippen molar-refractivity contribution in [1.29, 1.82) is 0 Å². The van der Waals surface area contributed by atoms with E-state index in [2.05, 4.69) is 15.3 Å². The Hall–Kier alpha value is -3.15. The fourth-order valence-electron chi connectivity index (χ4n) is 3.55. The van der Waals surface area contributed by atoms with Crippen LogP contribution in [0, 0.1) is 0 Å². The molecule has 0 atom stereocenters. The number of imidazole rings is 1. The van der Waals surface area contributed by atoms with Crippen molar-refractivity contribution in [3.05, 3.63) is 59.4 Å². The average molecular weight is 362 g/mol. The maximum Gasteiger partial charge on any atom is 0.251 e. The van der Waals surface area contributed by atoms with E-state index in [0.29, 0.717) is 18.7 Å². The molecule has 1 aliphatic rings. The minimum absolute atomic E-state index is 0.0385. The number of nitrogens with zero attached hydrogens (tertiary/aromatic N) is 2. The van der Waals surface area contributed by atoms with Crippen LogP contribution in [-0.2, 0) is 17.6 Å². The van der Waals surface area contributed by atoms with Crippen LogP contribution < -0.4 is 10.2 Å². The molecule has 1 aliphatic heterocycles. The number of anilines is 1. The number of aromatic amines is 1. The van der Waals surface area contributed by atoms with Crippen LogP contribution in [0.4, 0.5) is 5.69 Å². The molecule has 6 nitrogen and oxygen atoms in total. The highest BCUT2D eigenvalue weighted by Gasteiger charge is 2.23. The summed E-state index contributed by atoms with van der Waals surface area (Å²) >= 11 is 0. The topological polar surface area (TPSA) is 78.1 Å². The van der Waals surface area contributed by atoms with E-state index in [1.807, 2.05) is 36.4 Å². The lowest BCUT2D eigenvalue weighted by atomic mass is 10.1. The van der Waals surface area contributed by atoms with Gasteiger partial charge < -0.3 is 15.2 Å². The van der Waals surface area contributed by atoms with Crippen molar-refractivity contribution in [2.24, 2.45) is 0 Å². The summed E-state index contributed by atoms with van der Waals surface area (Å²) in [5.74, 6) is 0.896. The van der Waals surface area contributed by atoms with Gasteiger partial charge in [-0.3, -0.25) is 9.59 Å². The van der Waals surface area contributed by atoms with Gasteiger partial charge in [0, 0.05) is 37.7 Å². The fraction of sp³-hybridized carbons (Fsp3) is 0.286. The monoisotopic (exact) mass is 362 g/mol. The predicted molar refractivity (Wildman–Crippen MR) is 105 cm³/mol. The maximum absolute atomic E-state index is 12.4. The van der Waals surface area contributed by atoms with Crippen LogP contribution >= 0.6 is 0 Å². The van der Waals surface area contributed by atoms with Gasteiger partial charge in [0.1, 0.15) is 5.82 Å². The van der Waals surface area contributed by atoms with Gasteiger partial charge in [-0.15, -0.1) is 0 Å².